The second-order valence-electron chi connectivity index (χ2n) is 13.1. The number of halogens is 6. The number of anilines is 1. The van der Waals surface area contributed by atoms with Crippen LogP contribution in [0.5, 0.6) is 0 Å². The zero-order valence-electron chi connectivity index (χ0n) is 31.3. The molecule has 60 heavy (non-hydrogen) atoms. The molecular weight excluding hydrogens is 931 g/mol. The molecule has 7 rings (SSSR count). The van der Waals surface area contributed by atoms with Crippen LogP contribution < -0.4 is 19.7 Å². The van der Waals surface area contributed by atoms with Gasteiger partial charge in [-0.3, -0.25) is 19.0 Å². The predicted molar refractivity (Wildman–Crippen MR) is 240 cm³/mol. The Balaban J connectivity index is 1.22. The van der Waals surface area contributed by atoms with Gasteiger partial charge in [-0.1, -0.05) is 160 Å². The molecule has 10 nitrogen and oxygen atoms in total. The average Bonchev–Trinajstić information content (AvgIpc) is 3.75. The van der Waals surface area contributed by atoms with Gasteiger partial charge in [-0.25, -0.2) is 19.7 Å². The van der Waals surface area contributed by atoms with E-state index in [1.54, 1.807) is 79.7 Å². The largest absolute Gasteiger partial charge is 0.460 e. The fraction of sp³-hybridized carbons (Fsp3) is 0.167. The van der Waals surface area contributed by atoms with E-state index in [-0.39, 0.29) is 58.5 Å². The zero-order valence-corrected chi connectivity index (χ0v) is 37.5. The Kier molecular flexibility index (Phi) is 13.2. The summed E-state index contributed by atoms with van der Waals surface area (Å²) in [6, 6.07) is 29.1. The number of hydrogen-bond donors (Lipinski definition) is 0. The molecule has 0 amide bonds. The topological polar surface area (TPSA) is 124 Å². The molecule has 0 saturated heterocycles. The lowest BCUT2D eigenvalue weighted by molar-refractivity contribution is 0.0517. The fourth-order valence-corrected chi connectivity index (χ4v) is 9.37. The lowest BCUT2D eigenvalue weighted by Crippen LogP contribution is -2.36. The third-order valence-electron chi connectivity index (χ3n) is 9.06. The molecule has 1 aliphatic rings. The van der Waals surface area contributed by atoms with Crippen molar-refractivity contribution in [1.29, 1.82) is 0 Å². The number of aryl methyl sites for hydroxylation is 1. The van der Waals surface area contributed by atoms with Gasteiger partial charge in [0.1, 0.15) is 26.4 Å². The molecule has 0 saturated carbocycles. The van der Waals surface area contributed by atoms with E-state index in [1.807, 2.05) is 30.0 Å². The van der Waals surface area contributed by atoms with Gasteiger partial charge in [0.05, 0.1) is 17.8 Å². The number of nitrogens with zero attached hydrogens (tertiary/aromatic N) is 5. The summed E-state index contributed by atoms with van der Waals surface area (Å²) >= 11 is 38.6. The molecule has 0 bridgehead atoms. The second kappa shape index (κ2) is 18.0. The molecule has 0 radical (unpaired) electrons. The lowest BCUT2D eigenvalue weighted by Gasteiger charge is -2.20. The van der Waals surface area contributed by atoms with Crippen molar-refractivity contribution in [1.82, 2.24) is 19.5 Å². The Morgan fingerprint density at radius 3 is 1.83 bits per heavy atom. The smallest absolute Gasteiger partial charge is 0.338 e. The van der Waals surface area contributed by atoms with Crippen LogP contribution in [0.3, 0.4) is 0 Å². The summed E-state index contributed by atoms with van der Waals surface area (Å²) in [6.07, 6.45) is 0. The summed E-state index contributed by atoms with van der Waals surface area (Å²) in [5, 5.41) is 0.582. The van der Waals surface area contributed by atoms with E-state index in [4.69, 9.17) is 74.3 Å². The SMILES string of the molecule is CCn1c(=C(C(=O)c2ccccc2)C(=O)c2ccccc2)sc(=C2Sc3cc(C)ccc3N2CCOC(=O)c2ccc(-c3nc(C(Cl)(Cl)Cl)nc(C(Cl)(Cl)Cl)n3)cc2)c1=O. The molecule has 2 aromatic heterocycles. The summed E-state index contributed by atoms with van der Waals surface area (Å²) in [5.41, 5.74) is 2.63. The number of esters is 1. The van der Waals surface area contributed by atoms with E-state index in [0.717, 1.165) is 27.5 Å². The quantitative estimate of drug-likeness (QED) is 0.0569. The van der Waals surface area contributed by atoms with Crippen molar-refractivity contribution in [3.05, 3.63) is 157 Å². The number of benzene rings is 4. The summed E-state index contributed by atoms with van der Waals surface area (Å²) in [7, 11) is 0. The highest BCUT2D eigenvalue weighted by atomic mass is 35.6. The van der Waals surface area contributed by atoms with E-state index in [1.165, 1.54) is 28.5 Å². The minimum Gasteiger partial charge on any atom is -0.460 e. The first kappa shape index (κ1) is 43.8. The first-order valence-electron chi connectivity index (χ1n) is 18.0. The Morgan fingerprint density at radius 2 is 1.30 bits per heavy atom. The van der Waals surface area contributed by atoms with Crippen LogP contribution in [0.1, 0.15) is 55.2 Å². The minimum absolute atomic E-state index is 0.0357. The van der Waals surface area contributed by atoms with Crippen molar-refractivity contribution in [3.8, 4) is 11.4 Å². The van der Waals surface area contributed by atoms with Crippen LogP contribution in [0.15, 0.2) is 113 Å². The van der Waals surface area contributed by atoms with Gasteiger partial charge in [0.2, 0.25) is 7.59 Å². The summed E-state index contributed by atoms with van der Waals surface area (Å²) in [5.74, 6) is -2.09. The van der Waals surface area contributed by atoms with Crippen LogP contribution >= 0.6 is 92.7 Å². The number of hydrogen-bond acceptors (Lipinski definition) is 11. The van der Waals surface area contributed by atoms with Gasteiger partial charge in [0, 0.05) is 28.1 Å². The van der Waals surface area contributed by atoms with Crippen molar-refractivity contribution in [2.75, 3.05) is 18.1 Å². The van der Waals surface area contributed by atoms with E-state index >= 15 is 0 Å². The Bertz CT molecular complexity index is 2740. The fourth-order valence-electron chi connectivity index (χ4n) is 6.20. The van der Waals surface area contributed by atoms with Crippen LogP contribution in [-0.4, -0.2) is 50.2 Å². The highest BCUT2D eigenvalue weighted by Gasteiger charge is 2.34. The first-order valence-corrected chi connectivity index (χ1v) is 21.9. The van der Waals surface area contributed by atoms with Gasteiger partial charge in [0.25, 0.3) is 5.56 Å². The molecule has 18 heteroatoms. The Hall–Kier alpha value is -4.24. The molecule has 0 spiro atoms. The van der Waals surface area contributed by atoms with Gasteiger partial charge in [0.15, 0.2) is 29.0 Å². The molecule has 4 aromatic carbocycles. The number of aromatic nitrogens is 4. The van der Waals surface area contributed by atoms with Crippen LogP contribution in [0, 0.1) is 6.92 Å². The number of Topliss-reactive ketones (excluding diaryl/α,β-unsaturated/α-hetero) is 2. The number of ketones is 2. The van der Waals surface area contributed by atoms with E-state index in [2.05, 4.69) is 15.0 Å². The monoisotopic (exact) mass is 957 g/mol. The summed E-state index contributed by atoms with van der Waals surface area (Å²) < 4.78 is 3.71. The number of alkyl halides is 6. The normalized spacial score (nSPS) is 13.6. The maximum Gasteiger partial charge on any atom is 0.338 e. The Labute approximate surface area is 381 Å². The maximum absolute atomic E-state index is 14.4. The molecule has 0 unspecified atom stereocenters. The number of thiazole rings is 1. The molecule has 1 aliphatic heterocycles. The highest BCUT2D eigenvalue weighted by Crippen LogP contribution is 2.46. The van der Waals surface area contributed by atoms with Crippen molar-refractivity contribution in [3.63, 3.8) is 0 Å². The molecule has 0 fully saturated rings. The number of ether oxygens (including phenoxy) is 1. The van der Waals surface area contributed by atoms with Gasteiger partial charge in [-0.05, 0) is 43.7 Å². The Morgan fingerprint density at radius 1 is 0.733 bits per heavy atom. The summed E-state index contributed by atoms with van der Waals surface area (Å²) in [4.78, 5) is 71.3. The van der Waals surface area contributed by atoms with Crippen molar-refractivity contribution in [2.45, 2.75) is 32.9 Å². The van der Waals surface area contributed by atoms with E-state index in [9.17, 15) is 19.2 Å². The predicted octanol–water partition coefficient (Wildman–Crippen LogP) is 9.20. The second-order valence-corrected chi connectivity index (χ2v) is 19.7. The molecule has 6 aromatic rings. The number of fused-ring (bicyclic) bond motifs is 1. The zero-order chi connectivity index (χ0) is 42.9. The van der Waals surface area contributed by atoms with Gasteiger partial charge in [-0.15, -0.1) is 11.3 Å². The minimum atomic E-state index is -2.04. The molecule has 0 aliphatic carbocycles. The van der Waals surface area contributed by atoms with E-state index in [0.29, 0.717) is 26.3 Å². The maximum atomic E-state index is 14.4. The number of carbonyl (C=O) groups is 3. The lowest BCUT2D eigenvalue weighted by atomic mass is 9.96. The average molecular weight is 961 g/mol. The third kappa shape index (κ3) is 9.31. The van der Waals surface area contributed by atoms with Crippen LogP contribution in [0.25, 0.3) is 22.0 Å². The summed E-state index contributed by atoms with van der Waals surface area (Å²) in [6.45, 7) is 4.07. The standard InChI is InChI=1S/C42H29Cl6N5O5S2/c1-3-52-35(56)33(60-36(52)30(31(54)24-10-6-4-7-11-24)32(55)25-12-8-5-9-13-25)37-53(28-19-14-23(2)22-29(28)59-37)20-21-58-38(57)27-17-15-26(16-18-27)34-49-39(41(43,44)45)51-40(50-34)42(46,47)48/h4-19,22H,3,20-21H2,1-2H3. The van der Waals surface area contributed by atoms with Crippen molar-refractivity contribution < 1.29 is 19.1 Å². The number of rotatable bonds is 10. The molecular formula is C42H29Cl6N5O5S2. The van der Waals surface area contributed by atoms with Crippen LogP contribution in [0.4, 0.5) is 5.69 Å². The van der Waals surface area contributed by atoms with Crippen molar-refractivity contribution in [2.24, 2.45) is 0 Å². The highest BCUT2D eigenvalue weighted by molar-refractivity contribution is 8.08. The van der Waals surface area contributed by atoms with Crippen LogP contribution in [0.2, 0.25) is 0 Å². The van der Waals surface area contributed by atoms with Crippen molar-refractivity contribution >= 4 is 127 Å². The number of carbonyl (C=O) groups excluding carboxylic acids is 3. The molecule has 306 valence electrons. The first-order chi connectivity index (χ1) is 28.5. The van der Waals surface area contributed by atoms with E-state index < -0.39 is 25.1 Å². The third-order valence-corrected chi connectivity index (χ3v) is 12.6. The van der Waals surface area contributed by atoms with Gasteiger partial charge < -0.3 is 9.64 Å². The molecule has 0 atom stereocenters. The molecule has 3 heterocycles. The van der Waals surface area contributed by atoms with Crippen LogP contribution in [-0.2, 0) is 18.9 Å². The van der Waals surface area contributed by atoms with Gasteiger partial charge >= 0.3 is 5.97 Å². The van der Waals surface area contributed by atoms with Gasteiger partial charge in [-0.2, -0.15) is 0 Å². The number of thioether (sulfide) groups is 1. The molecule has 0 N–H and O–H groups in total.